The molecule has 0 saturated carbocycles. The van der Waals surface area contributed by atoms with E-state index >= 15 is 0 Å². The number of rotatable bonds is 4. The van der Waals surface area contributed by atoms with Crippen molar-refractivity contribution in [1.29, 1.82) is 0 Å². The van der Waals surface area contributed by atoms with E-state index in [0.29, 0.717) is 0 Å². The first-order valence-corrected chi connectivity index (χ1v) is 5.82. The van der Waals surface area contributed by atoms with Crippen LogP contribution in [0, 0.1) is 0 Å². The lowest BCUT2D eigenvalue weighted by Gasteiger charge is -2.11. The molecule has 0 saturated heterocycles. The Bertz CT molecular complexity index is 582. The molecule has 0 radical (unpaired) electrons. The lowest BCUT2D eigenvalue weighted by atomic mass is 9.95. The molecule has 0 atom stereocenters. The molecule has 0 unspecified atom stereocenters. The summed E-state index contributed by atoms with van der Waals surface area (Å²) in [7, 11) is 1.67. The number of benzene rings is 2. The maximum Gasteiger partial charge on any atom is 0.119 e. The van der Waals surface area contributed by atoms with Crippen LogP contribution in [0.4, 0.5) is 0 Å². The summed E-state index contributed by atoms with van der Waals surface area (Å²) in [6.07, 6.45) is 3.72. The van der Waals surface area contributed by atoms with Crippen molar-refractivity contribution in [1.82, 2.24) is 0 Å². The van der Waals surface area contributed by atoms with Crippen LogP contribution < -0.4 is 4.74 Å². The molecule has 2 aromatic carbocycles. The Balaban J connectivity index is 2.68. The van der Waals surface area contributed by atoms with E-state index in [4.69, 9.17) is 4.74 Å². The number of ether oxygens (including phenoxy) is 1. The molecular weight excluding hydrogens is 220 g/mol. The molecule has 0 spiro atoms. The maximum atomic E-state index is 5.29. The summed E-state index contributed by atoms with van der Waals surface area (Å²) in [4.78, 5) is 0. The lowest BCUT2D eigenvalue weighted by Crippen LogP contribution is -1.89. The van der Waals surface area contributed by atoms with Gasteiger partial charge in [-0.2, -0.15) is 0 Å². The van der Waals surface area contributed by atoms with Gasteiger partial charge in [0.05, 0.1) is 7.11 Å². The molecule has 0 aromatic heterocycles. The van der Waals surface area contributed by atoms with Gasteiger partial charge in [0, 0.05) is 0 Å². The molecule has 0 aliphatic rings. The SMILES string of the molecule is C=Cc1ccccc1-c1cc(OC)ccc1C=C. The Morgan fingerprint density at radius 3 is 2.22 bits per heavy atom. The molecule has 2 rings (SSSR count). The fourth-order valence-electron chi connectivity index (χ4n) is 1.99. The van der Waals surface area contributed by atoms with Crippen molar-refractivity contribution in [2.75, 3.05) is 7.11 Å². The molecule has 2 aromatic rings. The molecule has 0 N–H and O–H groups in total. The van der Waals surface area contributed by atoms with Crippen LogP contribution in [0.15, 0.2) is 55.6 Å². The van der Waals surface area contributed by atoms with Gasteiger partial charge in [-0.1, -0.05) is 55.6 Å². The van der Waals surface area contributed by atoms with Crippen LogP contribution in [0.5, 0.6) is 5.75 Å². The standard InChI is InChI=1S/C17H16O/c1-4-13-8-6-7-9-16(13)17-12-15(18-3)11-10-14(17)5-2/h4-12H,1-2H2,3H3. The summed E-state index contributed by atoms with van der Waals surface area (Å²) in [5.41, 5.74) is 4.44. The third-order valence-electron chi connectivity index (χ3n) is 2.95. The van der Waals surface area contributed by atoms with Crippen molar-refractivity contribution in [3.05, 3.63) is 66.7 Å². The summed E-state index contributed by atoms with van der Waals surface area (Å²) in [6, 6.07) is 14.1. The van der Waals surface area contributed by atoms with E-state index < -0.39 is 0 Å². The molecule has 0 aliphatic heterocycles. The van der Waals surface area contributed by atoms with Gasteiger partial charge in [-0.05, 0) is 34.4 Å². The topological polar surface area (TPSA) is 9.23 Å². The van der Waals surface area contributed by atoms with Gasteiger partial charge in [-0.25, -0.2) is 0 Å². The third-order valence-corrected chi connectivity index (χ3v) is 2.95. The predicted octanol–water partition coefficient (Wildman–Crippen LogP) is 4.65. The van der Waals surface area contributed by atoms with Gasteiger partial charge < -0.3 is 4.74 Å². The van der Waals surface area contributed by atoms with E-state index in [0.717, 1.165) is 28.0 Å². The summed E-state index contributed by atoms with van der Waals surface area (Å²) >= 11 is 0. The molecule has 1 heteroatoms. The summed E-state index contributed by atoms with van der Waals surface area (Å²) < 4.78 is 5.29. The highest BCUT2D eigenvalue weighted by atomic mass is 16.5. The van der Waals surface area contributed by atoms with Crippen LogP contribution in [0.3, 0.4) is 0 Å². The molecule has 0 aliphatic carbocycles. The summed E-state index contributed by atoms with van der Waals surface area (Å²) in [5, 5.41) is 0. The molecule has 18 heavy (non-hydrogen) atoms. The Hall–Kier alpha value is -2.28. The smallest absolute Gasteiger partial charge is 0.119 e. The second-order valence-corrected chi connectivity index (χ2v) is 3.95. The maximum absolute atomic E-state index is 5.29. The molecule has 0 fully saturated rings. The quantitative estimate of drug-likeness (QED) is 0.751. The van der Waals surface area contributed by atoms with Gasteiger partial charge in [0.2, 0.25) is 0 Å². The molecule has 0 bridgehead atoms. The first kappa shape index (κ1) is 12.2. The number of hydrogen-bond acceptors (Lipinski definition) is 1. The van der Waals surface area contributed by atoms with E-state index in [1.807, 2.05) is 42.5 Å². The van der Waals surface area contributed by atoms with Crippen molar-refractivity contribution in [3.63, 3.8) is 0 Å². The second kappa shape index (κ2) is 5.37. The highest BCUT2D eigenvalue weighted by Crippen LogP contribution is 2.31. The van der Waals surface area contributed by atoms with Crippen LogP contribution in [0.25, 0.3) is 23.3 Å². The zero-order chi connectivity index (χ0) is 13.0. The van der Waals surface area contributed by atoms with Crippen molar-refractivity contribution >= 4 is 12.2 Å². The van der Waals surface area contributed by atoms with Crippen LogP contribution in [0.1, 0.15) is 11.1 Å². The van der Waals surface area contributed by atoms with Crippen molar-refractivity contribution < 1.29 is 4.74 Å². The average molecular weight is 236 g/mol. The van der Waals surface area contributed by atoms with Crippen LogP contribution in [-0.4, -0.2) is 7.11 Å². The summed E-state index contributed by atoms with van der Waals surface area (Å²) in [5.74, 6) is 0.842. The Morgan fingerprint density at radius 1 is 0.889 bits per heavy atom. The van der Waals surface area contributed by atoms with Crippen molar-refractivity contribution in [3.8, 4) is 16.9 Å². The molecule has 90 valence electrons. The second-order valence-electron chi connectivity index (χ2n) is 3.95. The average Bonchev–Trinajstić information content (AvgIpc) is 2.46. The zero-order valence-electron chi connectivity index (χ0n) is 10.5. The van der Waals surface area contributed by atoms with E-state index in [9.17, 15) is 0 Å². The first-order valence-electron chi connectivity index (χ1n) is 5.82. The molecule has 0 heterocycles. The van der Waals surface area contributed by atoms with Crippen molar-refractivity contribution in [2.45, 2.75) is 0 Å². The van der Waals surface area contributed by atoms with E-state index in [1.54, 1.807) is 7.11 Å². The largest absolute Gasteiger partial charge is 0.497 e. The normalized spacial score (nSPS) is 9.83. The van der Waals surface area contributed by atoms with Gasteiger partial charge in [-0.15, -0.1) is 0 Å². The molecular formula is C17H16O. The Kier molecular flexibility index (Phi) is 3.63. The fourth-order valence-corrected chi connectivity index (χ4v) is 1.99. The predicted molar refractivity (Wildman–Crippen MR) is 78.6 cm³/mol. The van der Waals surface area contributed by atoms with Crippen molar-refractivity contribution in [2.24, 2.45) is 0 Å². The molecule has 1 nitrogen and oxygen atoms in total. The van der Waals surface area contributed by atoms with Gasteiger partial charge in [-0.3, -0.25) is 0 Å². The minimum atomic E-state index is 0.842. The zero-order valence-corrected chi connectivity index (χ0v) is 10.5. The Morgan fingerprint density at radius 2 is 1.56 bits per heavy atom. The van der Waals surface area contributed by atoms with Gasteiger partial charge in [0.25, 0.3) is 0 Å². The monoisotopic (exact) mass is 236 g/mol. The van der Waals surface area contributed by atoms with Crippen LogP contribution >= 0.6 is 0 Å². The lowest BCUT2D eigenvalue weighted by molar-refractivity contribution is 0.415. The van der Waals surface area contributed by atoms with Crippen LogP contribution in [-0.2, 0) is 0 Å². The van der Waals surface area contributed by atoms with E-state index in [-0.39, 0.29) is 0 Å². The Labute approximate surface area is 108 Å². The number of methoxy groups -OCH3 is 1. The fraction of sp³-hybridized carbons (Fsp3) is 0.0588. The van der Waals surface area contributed by atoms with E-state index in [2.05, 4.69) is 25.3 Å². The van der Waals surface area contributed by atoms with Gasteiger partial charge in [0.1, 0.15) is 5.75 Å². The van der Waals surface area contributed by atoms with Crippen LogP contribution in [0.2, 0.25) is 0 Å². The third kappa shape index (κ3) is 2.21. The van der Waals surface area contributed by atoms with Gasteiger partial charge in [0.15, 0.2) is 0 Å². The van der Waals surface area contributed by atoms with E-state index in [1.165, 1.54) is 0 Å². The summed E-state index contributed by atoms with van der Waals surface area (Å²) in [6.45, 7) is 7.72. The molecule has 0 amide bonds. The van der Waals surface area contributed by atoms with Gasteiger partial charge >= 0.3 is 0 Å². The highest BCUT2D eigenvalue weighted by molar-refractivity contribution is 5.82. The minimum absolute atomic E-state index is 0.842. The highest BCUT2D eigenvalue weighted by Gasteiger charge is 2.07. The minimum Gasteiger partial charge on any atom is -0.497 e. The number of hydrogen-bond donors (Lipinski definition) is 0. The first-order chi connectivity index (χ1) is 8.80.